The molecule has 0 atom stereocenters. The predicted molar refractivity (Wildman–Crippen MR) is 39.4 cm³/mol. The van der Waals surface area contributed by atoms with Gasteiger partial charge in [0.2, 0.25) is 0 Å². The van der Waals surface area contributed by atoms with Crippen LogP contribution in [0.2, 0.25) is 0 Å². The van der Waals surface area contributed by atoms with Gasteiger partial charge in [0.15, 0.2) is 5.69 Å². The Morgan fingerprint density at radius 1 is 1.50 bits per heavy atom. The van der Waals surface area contributed by atoms with Crippen molar-refractivity contribution in [3.63, 3.8) is 0 Å². The summed E-state index contributed by atoms with van der Waals surface area (Å²) in [5, 5.41) is 9.05. The zero-order valence-corrected chi connectivity index (χ0v) is 6.67. The van der Waals surface area contributed by atoms with Crippen LogP contribution in [0.15, 0.2) is 12.4 Å². The van der Waals surface area contributed by atoms with Crippen LogP contribution in [-0.4, -0.2) is 9.97 Å². The first-order chi connectivity index (χ1) is 4.88. The lowest BCUT2D eigenvalue weighted by Crippen LogP contribution is -1.92. The Kier molecular flexibility index (Phi) is 2.35. The van der Waals surface area contributed by atoms with Crippen molar-refractivity contribution < 1.29 is 0 Å². The summed E-state index contributed by atoms with van der Waals surface area (Å²) in [7, 11) is 0. The Bertz CT molecular complexity index is 266. The largest absolute Gasteiger partial charge is 0.256 e. The van der Waals surface area contributed by atoms with Crippen LogP contribution in [0.25, 0.3) is 0 Å². The highest BCUT2D eigenvalue weighted by atomic mass is 79.9. The molecular weight excluding hydrogens is 194 g/mol. The SMILES string of the molecule is N#Cc1nccnc1CBr. The van der Waals surface area contributed by atoms with Gasteiger partial charge in [-0.1, -0.05) is 15.9 Å². The molecule has 50 valence electrons. The van der Waals surface area contributed by atoms with Gasteiger partial charge in [-0.25, -0.2) is 4.98 Å². The summed E-state index contributed by atoms with van der Waals surface area (Å²) in [6, 6.07) is 1.94. The first-order valence-corrected chi connectivity index (χ1v) is 3.76. The van der Waals surface area contributed by atoms with Crippen molar-refractivity contribution in [1.82, 2.24) is 9.97 Å². The Hall–Kier alpha value is -0.950. The molecule has 0 radical (unpaired) electrons. The van der Waals surface area contributed by atoms with E-state index in [9.17, 15) is 0 Å². The second-order valence-corrected chi connectivity index (χ2v) is 2.16. The van der Waals surface area contributed by atoms with E-state index in [1.54, 1.807) is 6.20 Å². The molecule has 1 rings (SSSR count). The number of nitrogens with zero attached hydrogens (tertiary/aromatic N) is 3. The lowest BCUT2D eigenvalue weighted by atomic mass is 10.3. The van der Waals surface area contributed by atoms with E-state index >= 15 is 0 Å². The average Bonchev–Trinajstić information content (AvgIpc) is 2.04. The molecule has 0 aromatic carbocycles. The molecule has 0 unspecified atom stereocenters. The number of halogens is 1. The minimum absolute atomic E-state index is 0.388. The second-order valence-electron chi connectivity index (χ2n) is 1.60. The van der Waals surface area contributed by atoms with E-state index in [0.29, 0.717) is 16.7 Å². The molecule has 0 amide bonds. The van der Waals surface area contributed by atoms with E-state index in [1.165, 1.54) is 6.20 Å². The monoisotopic (exact) mass is 197 g/mol. The Morgan fingerprint density at radius 2 is 2.20 bits per heavy atom. The molecule has 10 heavy (non-hydrogen) atoms. The number of hydrogen-bond donors (Lipinski definition) is 0. The van der Waals surface area contributed by atoms with E-state index in [4.69, 9.17) is 5.26 Å². The van der Waals surface area contributed by atoms with Gasteiger partial charge < -0.3 is 0 Å². The van der Waals surface area contributed by atoms with Crippen molar-refractivity contribution in [3.05, 3.63) is 23.8 Å². The molecule has 0 saturated heterocycles. The van der Waals surface area contributed by atoms with Crippen molar-refractivity contribution >= 4 is 15.9 Å². The number of alkyl halides is 1. The normalized spacial score (nSPS) is 8.80. The molecule has 1 heterocycles. The third kappa shape index (κ3) is 1.31. The molecule has 0 bridgehead atoms. The fourth-order valence-corrected chi connectivity index (χ4v) is 0.968. The topological polar surface area (TPSA) is 49.6 Å². The fourth-order valence-electron chi connectivity index (χ4n) is 0.558. The van der Waals surface area contributed by atoms with Crippen molar-refractivity contribution in [3.8, 4) is 6.07 Å². The second kappa shape index (κ2) is 3.28. The lowest BCUT2D eigenvalue weighted by Gasteiger charge is -1.92. The molecule has 0 N–H and O–H groups in total. The van der Waals surface area contributed by atoms with Crippen LogP contribution in [0.5, 0.6) is 0 Å². The zero-order valence-electron chi connectivity index (χ0n) is 5.08. The van der Waals surface area contributed by atoms with Crippen molar-refractivity contribution in [2.45, 2.75) is 5.33 Å². The minimum atomic E-state index is 0.388. The number of aromatic nitrogens is 2. The van der Waals surface area contributed by atoms with Gasteiger partial charge >= 0.3 is 0 Å². The molecule has 0 saturated carbocycles. The van der Waals surface area contributed by atoms with E-state index in [-0.39, 0.29) is 0 Å². The van der Waals surface area contributed by atoms with Crippen LogP contribution in [0, 0.1) is 11.3 Å². The molecule has 4 heteroatoms. The standard InChI is InChI=1S/C6H4BrN3/c7-3-5-6(4-8)10-2-1-9-5/h1-2H,3H2. The summed E-state index contributed by atoms with van der Waals surface area (Å²) in [5.74, 6) is 0. The van der Waals surface area contributed by atoms with Gasteiger partial charge in [-0.15, -0.1) is 0 Å². The highest BCUT2D eigenvalue weighted by molar-refractivity contribution is 9.08. The number of nitriles is 1. The first-order valence-electron chi connectivity index (χ1n) is 2.64. The highest BCUT2D eigenvalue weighted by Gasteiger charge is 1.99. The Labute approximate surface area is 66.9 Å². The summed E-state index contributed by atoms with van der Waals surface area (Å²) < 4.78 is 0. The molecule has 0 aliphatic rings. The molecule has 3 nitrogen and oxygen atoms in total. The summed E-state index contributed by atoms with van der Waals surface area (Å²) in [4.78, 5) is 7.75. The zero-order chi connectivity index (χ0) is 7.40. The van der Waals surface area contributed by atoms with Crippen LogP contribution in [0.1, 0.15) is 11.4 Å². The van der Waals surface area contributed by atoms with Crippen molar-refractivity contribution in [2.75, 3.05) is 0 Å². The van der Waals surface area contributed by atoms with Gasteiger partial charge in [0.1, 0.15) is 6.07 Å². The van der Waals surface area contributed by atoms with Gasteiger partial charge in [0.25, 0.3) is 0 Å². The van der Waals surface area contributed by atoms with E-state index < -0.39 is 0 Å². The molecule has 1 aromatic rings. The van der Waals surface area contributed by atoms with Crippen LogP contribution >= 0.6 is 15.9 Å². The summed E-state index contributed by atoms with van der Waals surface area (Å²) in [6.07, 6.45) is 3.07. The van der Waals surface area contributed by atoms with Crippen LogP contribution in [-0.2, 0) is 5.33 Å². The maximum atomic E-state index is 8.48. The van der Waals surface area contributed by atoms with Crippen LogP contribution < -0.4 is 0 Å². The van der Waals surface area contributed by atoms with Crippen molar-refractivity contribution in [2.24, 2.45) is 0 Å². The number of rotatable bonds is 1. The maximum absolute atomic E-state index is 8.48. The average molecular weight is 198 g/mol. The highest BCUT2D eigenvalue weighted by Crippen LogP contribution is 2.03. The minimum Gasteiger partial charge on any atom is -0.256 e. The summed E-state index contributed by atoms with van der Waals surface area (Å²) in [6.45, 7) is 0. The van der Waals surface area contributed by atoms with E-state index in [1.807, 2.05) is 6.07 Å². The van der Waals surface area contributed by atoms with Crippen molar-refractivity contribution in [1.29, 1.82) is 5.26 Å². The van der Waals surface area contributed by atoms with Gasteiger partial charge in [-0.3, -0.25) is 4.98 Å². The van der Waals surface area contributed by atoms with Crippen LogP contribution in [0.4, 0.5) is 0 Å². The quantitative estimate of drug-likeness (QED) is 0.638. The summed E-state index contributed by atoms with van der Waals surface area (Å²) in [5.41, 5.74) is 1.07. The van der Waals surface area contributed by atoms with E-state index in [2.05, 4.69) is 25.9 Å². The van der Waals surface area contributed by atoms with Gasteiger partial charge in [-0.05, 0) is 0 Å². The number of hydrogen-bond acceptors (Lipinski definition) is 3. The van der Waals surface area contributed by atoms with Gasteiger partial charge in [-0.2, -0.15) is 5.26 Å². The summed E-state index contributed by atoms with van der Waals surface area (Å²) >= 11 is 3.20. The first kappa shape index (κ1) is 7.16. The third-order valence-corrected chi connectivity index (χ3v) is 1.54. The molecule has 1 aromatic heterocycles. The van der Waals surface area contributed by atoms with Gasteiger partial charge in [0.05, 0.1) is 5.69 Å². The predicted octanol–water partition coefficient (Wildman–Crippen LogP) is 1.24. The smallest absolute Gasteiger partial charge is 0.162 e. The van der Waals surface area contributed by atoms with Crippen LogP contribution in [0.3, 0.4) is 0 Å². The maximum Gasteiger partial charge on any atom is 0.162 e. The Morgan fingerprint density at radius 3 is 2.70 bits per heavy atom. The molecule has 0 aliphatic heterocycles. The molecular formula is C6H4BrN3. The fraction of sp³-hybridized carbons (Fsp3) is 0.167. The molecule has 0 spiro atoms. The van der Waals surface area contributed by atoms with E-state index in [0.717, 1.165) is 0 Å². The van der Waals surface area contributed by atoms with Gasteiger partial charge in [0, 0.05) is 17.7 Å². The molecule has 0 fully saturated rings. The molecule has 0 aliphatic carbocycles. The Balaban J connectivity index is 3.12. The lowest BCUT2D eigenvalue weighted by molar-refractivity contribution is 1.08. The third-order valence-electron chi connectivity index (χ3n) is 1.01.